The maximum atomic E-state index is 13.0. The molecule has 1 amide bonds. The molecule has 1 saturated heterocycles. The van der Waals surface area contributed by atoms with Gasteiger partial charge in [0.25, 0.3) is 11.6 Å². The summed E-state index contributed by atoms with van der Waals surface area (Å²) in [5.74, 6) is -0.106. The second-order valence-electron chi connectivity index (χ2n) is 6.89. The van der Waals surface area contributed by atoms with Gasteiger partial charge in [0.1, 0.15) is 0 Å². The largest absolute Gasteiger partial charge is 0.348 e. The van der Waals surface area contributed by atoms with Gasteiger partial charge in [-0.3, -0.25) is 4.79 Å². The molecule has 26 heavy (non-hydrogen) atoms. The van der Waals surface area contributed by atoms with Gasteiger partial charge in [-0.05, 0) is 39.3 Å². The lowest BCUT2D eigenvalue weighted by molar-refractivity contribution is 0.0932. The molecule has 3 heterocycles. The van der Waals surface area contributed by atoms with Gasteiger partial charge in [0.2, 0.25) is 0 Å². The Balaban J connectivity index is 1.75. The standard InChI is InChI=1S/C20H22N4O2/c1-12-5-7-14(8-6-12)17-10-16(18-13(2)24-26-20(18)23-17)19(25)22-15-4-3-9-21-11-15/h5-8,10,15,21H,3-4,9,11H2,1-2H3,(H,22,25). The molecule has 0 spiro atoms. The van der Waals surface area contributed by atoms with Crippen LogP contribution in [0.15, 0.2) is 34.9 Å². The Morgan fingerprint density at radius 3 is 2.81 bits per heavy atom. The summed E-state index contributed by atoms with van der Waals surface area (Å²) in [7, 11) is 0. The molecule has 1 unspecified atom stereocenters. The number of nitrogens with zero attached hydrogens (tertiary/aromatic N) is 2. The number of fused-ring (bicyclic) bond motifs is 1. The van der Waals surface area contributed by atoms with Gasteiger partial charge in [0, 0.05) is 18.2 Å². The molecular formula is C20H22N4O2. The van der Waals surface area contributed by atoms with Crippen LogP contribution in [0.25, 0.3) is 22.4 Å². The van der Waals surface area contributed by atoms with E-state index in [1.54, 1.807) is 0 Å². The molecule has 0 aliphatic carbocycles. The van der Waals surface area contributed by atoms with Crippen molar-refractivity contribution in [2.75, 3.05) is 13.1 Å². The number of hydrogen-bond acceptors (Lipinski definition) is 5. The SMILES string of the molecule is Cc1ccc(-c2cc(C(=O)NC3CCCNC3)c3c(C)noc3n2)cc1. The van der Waals surface area contributed by atoms with Crippen molar-refractivity contribution in [1.82, 2.24) is 20.8 Å². The third-order valence-electron chi connectivity index (χ3n) is 4.84. The second-order valence-corrected chi connectivity index (χ2v) is 6.89. The highest BCUT2D eigenvalue weighted by Crippen LogP contribution is 2.27. The molecule has 1 aliphatic rings. The fourth-order valence-electron chi connectivity index (χ4n) is 3.38. The molecule has 4 rings (SSSR count). The van der Waals surface area contributed by atoms with Gasteiger partial charge in [-0.25, -0.2) is 4.98 Å². The Bertz CT molecular complexity index is 940. The molecule has 1 fully saturated rings. The minimum absolute atomic E-state index is 0.106. The lowest BCUT2D eigenvalue weighted by Gasteiger charge is -2.24. The highest BCUT2D eigenvalue weighted by Gasteiger charge is 2.22. The van der Waals surface area contributed by atoms with Crippen LogP contribution >= 0.6 is 0 Å². The number of pyridine rings is 1. The third kappa shape index (κ3) is 3.20. The van der Waals surface area contributed by atoms with Crippen molar-refractivity contribution in [2.45, 2.75) is 32.7 Å². The molecule has 6 heteroatoms. The Hall–Kier alpha value is -2.73. The van der Waals surface area contributed by atoms with Crippen molar-refractivity contribution < 1.29 is 9.32 Å². The number of hydrogen-bond donors (Lipinski definition) is 2. The first kappa shape index (κ1) is 16.7. The van der Waals surface area contributed by atoms with Gasteiger partial charge >= 0.3 is 0 Å². The zero-order valence-corrected chi connectivity index (χ0v) is 15.0. The van der Waals surface area contributed by atoms with Crippen molar-refractivity contribution >= 4 is 17.0 Å². The summed E-state index contributed by atoms with van der Waals surface area (Å²) in [6, 6.07) is 10.0. The Labute approximate surface area is 152 Å². The average Bonchev–Trinajstić information content (AvgIpc) is 3.03. The number of nitrogens with one attached hydrogen (secondary N) is 2. The molecule has 3 aromatic rings. The summed E-state index contributed by atoms with van der Waals surface area (Å²) in [4.78, 5) is 17.5. The summed E-state index contributed by atoms with van der Waals surface area (Å²) in [5, 5.41) is 11.1. The highest BCUT2D eigenvalue weighted by molar-refractivity contribution is 6.07. The van der Waals surface area contributed by atoms with Crippen molar-refractivity contribution in [3.8, 4) is 11.3 Å². The van der Waals surface area contributed by atoms with E-state index in [1.165, 1.54) is 5.56 Å². The lowest BCUT2D eigenvalue weighted by Crippen LogP contribution is -2.45. The monoisotopic (exact) mass is 350 g/mol. The van der Waals surface area contributed by atoms with Crippen LogP contribution in [0.3, 0.4) is 0 Å². The van der Waals surface area contributed by atoms with Crippen molar-refractivity contribution in [2.24, 2.45) is 0 Å². The number of piperidine rings is 1. The number of amides is 1. The van der Waals surface area contributed by atoms with Crippen LogP contribution in [0, 0.1) is 13.8 Å². The number of benzene rings is 1. The van der Waals surface area contributed by atoms with Crippen molar-refractivity contribution in [3.05, 3.63) is 47.2 Å². The molecule has 2 N–H and O–H groups in total. The topological polar surface area (TPSA) is 80.0 Å². The van der Waals surface area contributed by atoms with E-state index in [2.05, 4.69) is 20.8 Å². The van der Waals surface area contributed by atoms with Crippen LogP contribution in [0.5, 0.6) is 0 Å². The summed E-state index contributed by atoms with van der Waals surface area (Å²) < 4.78 is 5.36. The second kappa shape index (κ2) is 6.88. The van der Waals surface area contributed by atoms with E-state index in [0.717, 1.165) is 31.5 Å². The molecule has 0 bridgehead atoms. The van der Waals surface area contributed by atoms with Gasteiger partial charge in [-0.2, -0.15) is 0 Å². The van der Waals surface area contributed by atoms with Crippen molar-refractivity contribution in [3.63, 3.8) is 0 Å². The minimum Gasteiger partial charge on any atom is -0.348 e. The minimum atomic E-state index is -0.106. The summed E-state index contributed by atoms with van der Waals surface area (Å²) >= 11 is 0. The molecule has 0 radical (unpaired) electrons. The summed E-state index contributed by atoms with van der Waals surface area (Å²) in [6.45, 7) is 5.68. The Morgan fingerprint density at radius 2 is 2.08 bits per heavy atom. The molecule has 1 atom stereocenters. The maximum Gasteiger partial charge on any atom is 0.259 e. The van der Waals surface area contributed by atoms with Crippen LogP contribution in [0.1, 0.15) is 34.5 Å². The smallest absolute Gasteiger partial charge is 0.259 e. The highest BCUT2D eigenvalue weighted by atomic mass is 16.5. The molecule has 6 nitrogen and oxygen atoms in total. The predicted molar refractivity (Wildman–Crippen MR) is 100 cm³/mol. The van der Waals surface area contributed by atoms with E-state index in [9.17, 15) is 4.79 Å². The predicted octanol–water partition coefficient (Wildman–Crippen LogP) is 2.99. The van der Waals surface area contributed by atoms with E-state index in [1.807, 2.05) is 44.2 Å². The lowest BCUT2D eigenvalue weighted by atomic mass is 10.0. The number of aryl methyl sites for hydroxylation is 2. The molecule has 2 aromatic heterocycles. The number of carbonyl (C=O) groups excluding carboxylic acids is 1. The number of aromatic nitrogens is 2. The first-order chi connectivity index (χ1) is 12.6. The Morgan fingerprint density at radius 1 is 1.27 bits per heavy atom. The first-order valence-electron chi connectivity index (χ1n) is 8.97. The zero-order valence-electron chi connectivity index (χ0n) is 15.0. The van der Waals surface area contributed by atoms with Crippen LogP contribution < -0.4 is 10.6 Å². The van der Waals surface area contributed by atoms with E-state index in [0.29, 0.717) is 28.1 Å². The number of carbonyl (C=O) groups is 1. The Kier molecular flexibility index (Phi) is 4.42. The fourth-order valence-corrected chi connectivity index (χ4v) is 3.38. The average molecular weight is 350 g/mol. The first-order valence-corrected chi connectivity index (χ1v) is 8.97. The van der Waals surface area contributed by atoms with Gasteiger partial charge in [0.05, 0.1) is 22.3 Å². The van der Waals surface area contributed by atoms with E-state index < -0.39 is 0 Å². The van der Waals surface area contributed by atoms with Crippen LogP contribution in [-0.4, -0.2) is 35.2 Å². The van der Waals surface area contributed by atoms with Crippen molar-refractivity contribution in [1.29, 1.82) is 0 Å². The maximum absolute atomic E-state index is 13.0. The quantitative estimate of drug-likeness (QED) is 0.759. The molecule has 1 aliphatic heterocycles. The molecule has 0 saturated carbocycles. The van der Waals surface area contributed by atoms with Crippen LogP contribution in [0.2, 0.25) is 0 Å². The molecule has 1 aromatic carbocycles. The molecule has 134 valence electrons. The summed E-state index contributed by atoms with van der Waals surface area (Å²) in [5.41, 5.74) is 4.46. The van der Waals surface area contributed by atoms with E-state index >= 15 is 0 Å². The summed E-state index contributed by atoms with van der Waals surface area (Å²) in [6.07, 6.45) is 2.05. The van der Waals surface area contributed by atoms with Gasteiger partial charge in [-0.1, -0.05) is 35.0 Å². The van der Waals surface area contributed by atoms with E-state index in [4.69, 9.17) is 4.52 Å². The fraction of sp³-hybridized carbons (Fsp3) is 0.350. The van der Waals surface area contributed by atoms with Gasteiger partial charge < -0.3 is 15.2 Å². The van der Waals surface area contributed by atoms with Gasteiger partial charge in [0.15, 0.2) is 0 Å². The van der Waals surface area contributed by atoms with Gasteiger partial charge in [-0.15, -0.1) is 0 Å². The zero-order chi connectivity index (χ0) is 18.1. The number of rotatable bonds is 3. The van der Waals surface area contributed by atoms with E-state index in [-0.39, 0.29) is 11.9 Å². The van der Waals surface area contributed by atoms with Crippen LogP contribution in [0.4, 0.5) is 0 Å². The third-order valence-corrected chi connectivity index (χ3v) is 4.84. The normalized spacial score (nSPS) is 17.4. The molecular weight excluding hydrogens is 328 g/mol. The van der Waals surface area contributed by atoms with Crippen LogP contribution in [-0.2, 0) is 0 Å².